The molecule has 0 aromatic heterocycles. The number of nitrogens with zero attached hydrogens (tertiary/aromatic N) is 1. The Hall–Kier alpha value is -4.28. The van der Waals surface area contributed by atoms with E-state index in [0.717, 1.165) is 16.0 Å². The molecule has 1 aliphatic heterocycles. The first-order valence-corrected chi connectivity index (χ1v) is 11.7. The van der Waals surface area contributed by atoms with E-state index in [1.54, 1.807) is 6.08 Å². The Morgan fingerprint density at radius 3 is 2.15 bits per heavy atom. The maximum Gasteiger partial charge on any atom is 0.329 e. The number of sulfonamides is 1. The lowest BCUT2D eigenvalue weighted by Crippen LogP contribution is -2.38. The van der Waals surface area contributed by atoms with Crippen LogP contribution in [0.15, 0.2) is 89.5 Å². The van der Waals surface area contributed by atoms with E-state index < -0.39 is 34.4 Å². The van der Waals surface area contributed by atoms with Crippen molar-refractivity contribution in [2.45, 2.75) is 4.90 Å². The molecule has 0 unspecified atom stereocenters. The number of nitrogens with one attached hydrogen (secondary N) is 2. The van der Waals surface area contributed by atoms with Crippen molar-refractivity contribution in [3.63, 3.8) is 0 Å². The summed E-state index contributed by atoms with van der Waals surface area (Å²) in [5, 5.41) is 10.0. The van der Waals surface area contributed by atoms with E-state index in [4.69, 9.17) is 5.14 Å². The van der Waals surface area contributed by atoms with Gasteiger partial charge in [-0.2, -0.15) is 0 Å². The normalized spacial score (nSPS) is 14.9. The van der Waals surface area contributed by atoms with E-state index in [9.17, 15) is 22.8 Å². The number of anilines is 1. The molecule has 0 aliphatic carbocycles. The minimum absolute atomic E-state index is 0.0581. The van der Waals surface area contributed by atoms with Crippen molar-refractivity contribution in [3.8, 4) is 11.1 Å². The van der Waals surface area contributed by atoms with Crippen LogP contribution in [-0.4, -0.2) is 37.7 Å². The monoisotopic (exact) mass is 476 g/mol. The number of imide groups is 1. The van der Waals surface area contributed by atoms with Gasteiger partial charge in [0.05, 0.1) is 4.90 Å². The quantitative estimate of drug-likeness (QED) is 0.371. The van der Waals surface area contributed by atoms with Gasteiger partial charge in [0, 0.05) is 5.69 Å². The van der Waals surface area contributed by atoms with Crippen LogP contribution in [0.1, 0.15) is 5.56 Å². The zero-order valence-corrected chi connectivity index (χ0v) is 18.6. The molecule has 1 saturated heterocycles. The van der Waals surface area contributed by atoms with E-state index in [-0.39, 0.29) is 10.6 Å². The SMILES string of the molecule is NS(=O)(=O)c1ccc(NC(=O)CN2C(=O)N/C(=C\c3ccc(-c4ccccc4)cc3)C2=O)cc1. The molecule has 4 N–H and O–H groups in total. The highest BCUT2D eigenvalue weighted by Gasteiger charge is 2.34. The first kappa shape index (κ1) is 22.9. The van der Waals surface area contributed by atoms with Crippen molar-refractivity contribution in [1.29, 1.82) is 0 Å². The van der Waals surface area contributed by atoms with Crippen LogP contribution in [0.3, 0.4) is 0 Å². The summed E-state index contributed by atoms with van der Waals surface area (Å²) in [5.41, 5.74) is 3.13. The molecule has 10 heteroatoms. The van der Waals surface area contributed by atoms with Gasteiger partial charge in [-0.1, -0.05) is 54.6 Å². The first-order valence-electron chi connectivity index (χ1n) is 10.1. The van der Waals surface area contributed by atoms with Crippen molar-refractivity contribution in [2.24, 2.45) is 5.14 Å². The van der Waals surface area contributed by atoms with Gasteiger partial charge in [0.15, 0.2) is 0 Å². The second kappa shape index (κ2) is 9.30. The summed E-state index contributed by atoms with van der Waals surface area (Å²) in [6, 6.07) is 21.8. The largest absolute Gasteiger partial charge is 0.329 e. The average Bonchev–Trinajstić information content (AvgIpc) is 3.07. The molecule has 4 amide bonds. The third-order valence-electron chi connectivity index (χ3n) is 5.06. The molecule has 172 valence electrons. The number of hydrogen-bond acceptors (Lipinski definition) is 5. The standard InChI is InChI=1S/C24H20N4O5S/c25-34(32,33)20-12-10-19(11-13-20)26-22(29)15-28-23(30)21(27-24(28)31)14-16-6-8-18(9-7-16)17-4-2-1-3-5-17/h1-14H,15H2,(H,26,29)(H,27,31)(H2,25,32,33)/b21-14-. The number of benzene rings is 3. The fraction of sp³-hybridized carbons (Fsp3) is 0.0417. The van der Waals surface area contributed by atoms with Gasteiger partial charge in [0.2, 0.25) is 15.9 Å². The zero-order valence-electron chi connectivity index (χ0n) is 17.8. The zero-order chi connectivity index (χ0) is 24.3. The minimum Gasteiger partial charge on any atom is -0.325 e. The van der Waals surface area contributed by atoms with E-state index in [2.05, 4.69) is 10.6 Å². The predicted molar refractivity (Wildman–Crippen MR) is 127 cm³/mol. The Kier molecular flexibility index (Phi) is 6.26. The summed E-state index contributed by atoms with van der Waals surface area (Å²) < 4.78 is 22.6. The highest BCUT2D eigenvalue weighted by Crippen LogP contribution is 2.21. The van der Waals surface area contributed by atoms with Crippen LogP contribution in [0.2, 0.25) is 0 Å². The highest BCUT2D eigenvalue weighted by molar-refractivity contribution is 7.89. The van der Waals surface area contributed by atoms with E-state index in [1.165, 1.54) is 24.3 Å². The van der Waals surface area contributed by atoms with Crippen molar-refractivity contribution >= 4 is 39.6 Å². The molecule has 0 saturated carbocycles. The Morgan fingerprint density at radius 2 is 1.53 bits per heavy atom. The number of hydrogen-bond donors (Lipinski definition) is 3. The van der Waals surface area contributed by atoms with Crippen LogP contribution in [0, 0.1) is 0 Å². The molecule has 0 bridgehead atoms. The Labute approximate surface area is 195 Å². The number of amides is 4. The molecule has 0 spiro atoms. The number of rotatable bonds is 6. The van der Waals surface area contributed by atoms with Crippen LogP contribution in [-0.2, 0) is 19.6 Å². The summed E-state index contributed by atoms with van der Waals surface area (Å²) in [6.07, 6.45) is 1.54. The molecule has 0 radical (unpaired) electrons. The molecule has 3 aromatic carbocycles. The predicted octanol–water partition coefficient (Wildman–Crippen LogP) is 2.53. The fourth-order valence-electron chi connectivity index (χ4n) is 3.36. The van der Waals surface area contributed by atoms with Crippen LogP contribution < -0.4 is 15.8 Å². The molecule has 9 nitrogen and oxygen atoms in total. The van der Waals surface area contributed by atoms with Gasteiger partial charge >= 0.3 is 6.03 Å². The van der Waals surface area contributed by atoms with Gasteiger partial charge in [0.1, 0.15) is 12.2 Å². The van der Waals surface area contributed by atoms with E-state index >= 15 is 0 Å². The lowest BCUT2D eigenvalue weighted by Gasteiger charge is -2.12. The van der Waals surface area contributed by atoms with Crippen molar-refractivity contribution in [3.05, 3.63) is 90.1 Å². The third-order valence-corrected chi connectivity index (χ3v) is 5.99. The van der Waals surface area contributed by atoms with Crippen LogP contribution >= 0.6 is 0 Å². The Bertz CT molecular complexity index is 1380. The van der Waals surface area contributed by atoms with E-state index in [1.807, 2.05) is 54.6 Å². The summed E-state index contributed by atoms with van der Waals surface area (Å²) in [5.74, 6) is -1.25. The second-order valence-corrected chi connectivity index (χ2v) is 9.05. The average molecular weight is 477 g/mol. The van der Waals surface area contributed by atoms with Gasteiger partial charge in [-0.05, 0) is 47.0 Å². The molecular formula is C24H20N4O5S. The topological polar surface area (TPSA) is 139 Å². The molecule has 4 rings (SSSR count). The van der Waals surface area contributed by atoms with Gasteiger partial charge in [-0.3, -0.25) is 9.59 Å². The molecule has 0 atom stereocenters. The first-order chi connectivity index (χ1) is 16.2. The number of carbonyl (C=O) groups is 3. The molecule has 3 aromatic rings. The molecule has 1 fully saturated rings. The highest BCUT2D eigenvalue weighted by atomic mass is 32.2. The lowest BCUT2D eigenvalue weighted by atomic mass is 10.0. The molecule has 34 heavy (non-hydrogen) atoms. The smallest absolute Gasteiger partial charge is 0.325 e. The summed E-state index contributed by atoms with van der Waals surface area (Å²) in [7, 11) is -3.85. The van der Waals surface area contributed by atoms with Crippen molar-refractivity contribution in [2.75, 3.05) is 11.9 Å². The minimum atomic E-state index is -3.85. The summed E-state index contributed by atoms with van der Waals surface area (Å²) in [4.78, 5) is 37.9. The third kappa shape index (κ3) is 5.20. The van der Waals surface area contributed by atoms with E-state index in [0.29, 0.717) is 11.3 Å². The summed E-state index contributed by atoms with van der Waals surface area (Å²) >= 11 is 0. The van der Waals surface area contributed by atoms with Gasteiger partial charge in [0.25, 0.3) is 5.91 Å². The Balaban J connectivity index is 1.41. The number of nitrogens with two attached hydrogens (primary N) is 1. The van der Waals surface area contributed by atoms with Gasteiger partial charge in [-0.25, -0.2) is 23.3 Å². The van der Waals surface area contributed by atoms with Crippen LogP contribution in [0.4, 0.5) is 10.5 Å². The summed E-state index contributed by atoms with van der Waals surface area (Å²) in [6.45, 7) is -0.508. The van der Waals surface area contributed by atoms with Crippen LogP contribution in [0.25, 0.3) is 17.2 Å². The van der Waals surface area contributed by atoms with Gasteiger partial charge in [-0.15, -0.1) is 0 Å². The molecule has 1 heterocycles. The van der Waals surface area contributed by atoms with Crippen molar-refractivity contribution in [1.82, 2.24) is 10.2 Å². The second-order valence-electron chi connectivity index (χ2n) is 7.49. The van der Waals surface area contributed by atoms with Crippen LogP contribution in [0.5, 0.6) is 0 Å². The number of primary sulfonamides is 1. The van der Waals surface area contributed by atoms with Crippen molar-refractivity contribution < 1.29 is 22.8 Å². The Morgan fingerprint density at radius 1 is 0.912 bits per heavy atom. The fourth-order valence-corrected chi connectivity index (χ4v) is 3.87. The molecule has 1 aliphatic rings. The molecular weight excluding hydrogens is 456 g/mol. The maximum absolute atomic E-state index is 12.7. The lowest BCUT2D eigenvalue weighted by molar-refractivity contribution is -0.127. The number of carbonyl (C=O) groups excluding carboxylic acids is 3. The number of urea groups is 1. The van der Waals surface area contributed by atoms with Gasteiger partial charge < -0.3 is 10.6 Å². The maximum atomic E-state index is 12.7.